The van der Waals surface area contributed by atoms with Crippen LogP contribution in [0.1, 0.15) is 18.4 Å². The molecule has 2 bridgehead atoms. The number of methoxy groups -OCH3 is 1. The number of thiophene rings is 1. The fourth-order valence-electron chi connectivity index (χ4n) is 4.02. The molecule has 3 saturated heterocycles. The molecule has 0 amide bonds. The van der Waals surface area contributed by atoms with Gasteiger partial charge in [-0.2, -0.15) is 0 Å². The highest BCUT2D eigenvalue weighted by Crippen LogP contribution is 2.35. The smallest absolute Gasteiger partial charge is 0.150 e. The summed E-state index contributed by atoms with van der Waals surface area (Å²) in [5.41, 5.74) is 2.38. The lowest BCUT2D eigenvalue weighted by atomic mass is 9.95. The van der Waals surface area contributed by atoms with Gasteiger partial charge in [-0.15, -0.1) is 11.3 Å². The van der Waals surface area contributed by atoms with E-state index < -0.39 is 0 Å². The second-order valence-corrected chi connectivity index (χ2v) is 7.66. The Labute approximate surface area is 141 Å². The molecule has 5 heterocycles. The average Bonchev–Trinajstić information content (AvgIpc) is 2.75. The first kappa shape index (κ1) is 15.3. The van der Waals surface area contributed by atoms with Crippen molar-refractivity contribution in [1.82, 2.24) is 14.9 Å². The third-order valence-electron chi connectivity index (χ3n) is 5.22. The molecule has 23 heavy (non-hydrogen) atoms. The number of ether oxygens (including phenoxy) is 1. The van der Waals surface area contributed by atoms with Crippen molar-refractivity contribution >= 4 is 27.4 Å². The van der Waals surface area contributed by atoms with E-state index >= 15 is 0 Å². The first-order valence-electron chi connectivity index (χ1n) is 8.43. The minimum absolute atomic E-state index is 0.620. The summed E-state index contributed by atoms with van der Waals surface area (Å²) in [6.07, 6.45) is 4.36. The lowest BCUT2D eigenvalue weighted by Crippen LogP contribution is -2.45. The van der Waals surface area contributed by atoms with Crippen LogP contribution < -0.4 is 4.90 Å². The zero-order valence-electron chi connectivity index (χ0n) is 13.9. The van der Waals surface area contributed by atoms with Crippen LogP contribution in [-0.2, 0) is 4.74 Å². The van der Waals surface area contributed by atoms with E-state index in [2.05, 4.69) is 32.1 Å². The minimum atomic E-state index is 0.620. The van der Waals surface area contributed by atoms with Gasteiger partial charge >= 0.3 is 0 Å². The highest BCUT2D eigenvalue weighted by atomic mass is 32.1. The molecule has 0 radical (unpaired) electrons. The minimum Gasteiger partial charge on any atom is -0.383 e. The van der Waals surface area contributed by atoms with Crippen LogP contribution in [0.3, 0.4) is 0 Å². The molecule has 0 unspecified atom stereocenters. The van der Waals surface area contributed by atoms with Crippen LogP contribution in [0.5, 0.6) is 0 Å². The Balaban J connectivity index is 1.62. The topological polar surface area (TPSA) is 41.5 Å². The maximum absolute atomic E-state index is 5.29. The average molecular weight is 332 g/mol. The fraction of sp³-hybridized carbons (Fsp3) is 0.647. The molecule has 3 fully saturated rings. The summed E-state index contributed by atoms with van der Waals surface area (Å²) >= 11 is 1.78. The molecule has 0 aromatic carbocycles. The molecule has 3 aliphatic rings. The van der Waals surface area contributed by atoms with Gasteiger partial charge in [0.2, 0.25) is 0 Å². The van der Waals surface area contributed by atoms with E-state index in [0.717, 1.165) is 43.5 Å². The van der Waals surface area contributed by atoms with Crippen molar-refractivity contribution in [3.63, 3.8) is 0 Å². The van der Waals surface area contributed by atoms with Crippen LogP contribution in [-0.4, -0.2) is 60.8 Å². The number of hydrogen-bond acceptors (Lipinski definition) is 6. The Kier molecular flexibility index (Phi) is 4.22. The predicted octanol–water partition coefficient (Wildman–Crippen LogP) is 2.55. The fourth-order valence-corrected chi connectivity index (χ4v) is 5.04. The molecule has 0 aliphatic carbocycles. The van der Waals surface area contributed by atoms with E-state index in [0.29, 0.717) is 6.04 Å². The molecule has 0 saturated carbocycles. The number of nitrogens with zero attached hydrogens (tertiary/aromatic N) is 4. The van der Waals surface area contributed by atoms with Gasteiger partial charge in [0.1, 0.15) is 12.1 Å². The van der Waals surface area contributed by atoms with Crippen LogP contribution in [0.15, 0.2) is 11.7 Å². The quantitative estimate of drug-likeness (QED) is 0.861. The number of fused-ring (bicyclic) bond motifs is 5. The molecule has 0 N–H and O–H groups in total. The van der Waals surface area contributed by atoms with Crippen molar-refractivity contribution in [1.29, 1.82) is 0 Å². The summed E-state index contributed by atoms with van der Waals surface area (Å²) in [6, 6.07) is 0.620. The standard InChI is InChI=1S/C17H24N4OS/c1-12-10-23-16-15(12)18-11-19-17(16)21-8-13-3-4-14(9-21)20(7-13)5-6-22-2/h10-11,13-14H,3-9H2,1-2H3/t13-,14-/m0/s1. The van der Waals surface area contributed by atoms with E-state index in [1.807, 2.05) is 0 Å². The van der Waals surface area contributed by atoms with E-state index in [9.17, 15) is 0 Å². The van der Waals surface area contributed by atoms with Gasteiger partial charge in [-0.3, -0.25) is 4.90 Å². The molecule has 0 spiro atoms. The van der Waals surface area contributed by atoms with E-state index in [-0.39, 0.29) is 0 Å². The van der Waals surface area contributed by atoms with E-state index in [4.69, 9.17) is 4.74 Å². The second-order valence-electron chi connectivity index (χ2n) is 6.78. The van der Waals surface area contributed by atoms with Gasteiger partial charge < -0.3 is 9.64 Å². The summed E-state index contributed by atoms with van der Waals surface area (Å²) in [5.74, 6) is 1.87. The first-order valence-corrected chi connectivity index (χ1v) is 9.31. The number of aromatic nitrogens is 2. The van der Waals surface area contributed by atoms with Crippen molar-refractivity contribution in [2.45, 2.75) is 25.8 Å². The number of aryl methyl sites for hydroxylation is 1. The van der Waals surface area contributed by atoms with Crippen LogP contribution in [0.4, 0.5) is 5.82 Å². The molecule has 5 rings (SSSR count). The van der Waals surface area contributed by atoms with Crippen molar-refractivity contribution in [3.8, 4) is 0 Å². The molecular weight excluding hydrogens is 308 g/mol. The van der Waals surface area contributed by atoms with Crippen LogP contribution in [0.25, 0.3) is 10.2 Å². The van der Waals surface area contributed by atoms with Crippen LogP contribution in [0.2, 0.25) is 0 Å². The molecule has 2 atom stereocenters. The monoisotopic (exact) mass is 332 g/mol. The number of piperidine rings is 1. The van der Waals surface area contributed by atoms with Crippen molar-refractivity contribution in [2.24, 2.45) is 5.92 Å². The lowest BCUT2D eigenvalue weighted by Gasteiger charge is -2.35. The predicted molar refractivity (Wildman–Crippen MR) is 94.3 cm³/mol. The van der Waals surface area contributed by atoms with Gasteiger partial charge in [0.05, 0.1) is 16.8 Å². The third-order valence-corrected chi connectivity index (χ3v) is 6.30. The Hall–Kier alpha value is -1.24. The summed E-state index contributed by atoms with van der Waals surface area (Å²) in [5, 5.41) is 2.19. The SMILES string of the molecule is COCCN1C[C@@H]2CC[C@H]1CN(c1ncnc3c(C)csc13)C2. The molecule has 2 aromatic heterocycles. The van der Waals surface area contributed by atoms with Gasteiger partial charge in [0.25, 0.3) is 0 Å². The van der Waals surface area contributed by atoms with Crippen molar-refractivity contribution in [3.05, 3.63) is 17.3 Å². The summed E-state index contributed by atoms with van der Waals surface area (Å²) in [7, 11) is 1.79. The summed E-state index contributed by atoms with van der Waals surface area (Å²) in [6.45, 7) is 7.39. The van der Waals surface area contributed by atoms with Crippen molar-refractivity contribution < 1.29 is 4.74 Å². The number of anilines is 1. The highest BCUT2D eigenvalue weighted by molar-refractivity contribution is 7.18. The normalized spacial score (nSPS) is 25.2. The summed E-state index contributed by atoms with van der Waals surface area (Å²) in [4.78, 5) is 14.3. The van der Waals surface area contributed by atoms with Gasteiger partial charge in [0.15, 0.2) is 0 Å². The van der Waals surface area contributed by atoms with Gasteiger partial charge in [0, 0.05) is 39.3 Å². The molecular formula is C17H24N4OS. The summed E-state index contributed by atoms with van der Waals surface area (Å²) < 4.78 is 6.54. The zero-order valence-corrected chi connectivity index (χ0v) is 14.7. The van der Waals surface area contributed by atoms with E-state index in [1.165, 1.54) is 29.6 Å². The third kappa shape index (κ3) is 2.84. The zero-order chi connectivity index (χ0) is 15.8. The Morgan fingerprint density at radius 1 is 1.26 bits per heavy atom. The van der Waals surface area contributed by atoms with Crippen molar-refractivity contribution in [2.75, 3.05) is 44.8 Å². The Morgan fingerprint density at radius 3 is 3.04 bits per heavy atom. The Morgan fingerprint density at radius 2 is 2.17 bits per heavy atom. The molecule has 2 aromatic rings. The van der Waals surface area contributed by atoms with E-state index in [1.54, 1.807) is 24.8 Å². The van der Waals surface area contributed by atoms with Gasteiger partial charge in [-0.1, -0.05) is 0 Å². The van der Waals surface area contributed by atoms with Gasteiger partial charge in [-0.05, 0) is 36.6 Å². The number of hydrogen-bond donors (Lipinski definition) is 0. The van der Waals surface area contributed by atoms with Gasteiger partial charge in [-0.25, -0.2) is 9.97 Å². The maximum atomic E-state index is 5.29. The molecule has 124 valence electrons. The molecule has 3 aliphatic heterocycles. The molecule has 5 nitrogen and oxygen atoms in total. The molecule has 6 heteroatoms. The lowest BCUT2D eigenvalue weighted by molar-refractivity contribution is 0.0889. The maximum Gasteiger partial charge on any atom is 0.150 e. The second kappa shape index (κ2) is 6.34. The van der Waals surface area contributed by atoms with Crippen LogP contribution >= 0.6 is 11.3 Å². The van der Waals surface area contributed by atoms with Crippen LogP contribution in [0, 0.1) is 12.8 Å². The first-order chi connectivity index (χ1) is 11.3. The Bertz CT molecular complexity index is 688. The highest BCUT2D eigenvalue weighted by Gasteiger charge is 2.35. The largest absolute Gasteiger partial charge is 0.383 e. The number of rotatable bonds is 4.